The molecule has 1 N–H and O–H groups in total. The topological polar surface area (TPSA) is 39.1 Å². The molecule has 0 aliphatic carbocycles. The number of likely N-dealkylation sites (N-methyl/N-ethyl adjacent to an activating group) is 1. The zero-order chi connectivity index (χ0) is 10.4. The van der Waals surface area contributed by atoms with Crippen molar-refractivity contribution >= 4 is 0 Å². The maximum absolute atomic E-state index is 5.16. The van der Waals surface area contributed by atoms with Crippen molar-refractivity contribution in [2.24, 2.45) is 0 Å². The van der Waals surface area contributed by atoms with Gasteiger partial charge in [-0.05, 0) is 19.5 Å². The van der Waals surface area contributed by atoms with Crippen LogP contribution in [0.25, 0.3) is 0 Å². The molecule has 1 rings (SSSR count). The lowest BCUT2D eigenvalue weighted by Crippen LogP contribution is -2.28. The number of hydrogen-bond acceptors (Lipinski definition) is 3. The van der Waals surface area contributed by atoms with E-state index in [1.54, 1.807) is 7.11 Å². The molecule has 0 saturated carbocycles. The minimum absolute atomic E-state index is 0.286. The zero-order valence-corrected chi connectivity index (χ0v) is 9.16. The summed E-state index contributed by atoms with van der Waals surface area (Å²) in [5, 5.41) is 7.68. The highest BCUT2D eigenvalue weighted by Gasteiger charge is 2.10. The van der Waals surface area contributed by atoms with Crippen molar-refractivity contribution in [1.29, 1.82) is 0 Å². The van der Waals surface area contributed by atoms with Gasteiger partial charge < -0.3 is 10.1 Å². The van der Waals surface area contributed by atoms with Crippen LogP contribution in [-0.4, -0.2) is 36.6 Å². The van der Waals surface area contributed by atoms with E-state index in [0.717, 1.165) is 18.8 Å². The second-order valence-electron chi connectivity index (χ2n) is 3.35. The van der Waals surface area contributed by atoms with Gasteiger partial charge in [-0.25, -0.2) is 0 Å². The number of nitrogens with zero attached hydrogens (tertiary/aromatic N) is 2. The van der Waals surface area contributed by atoms with Crippen molar-refractivity contribution in [1.82, 2.24) is 15.1 Å². The van der Waals surface area contributed by atoms with Crippen LogP contribution >= 0.6 is 0 Å². The van der Waals surface area contributed by atoms with Crippen LogP contribution in [0.5, 0.6) is 0 Å². The van der Waals surface area contributed by atoms with Crippen LogP contribution in [0.2, 0.25) is 0 Å². The molecular weight excluding hydrogens is 178 g/mol. The van der Waals surface area contributed by atoms with Crippen LogP contribution in [0.4, 0.5) is 0 Å². The van der Waals surface area contributed by atoms with Gasteiger partial charge in [0.15, 0.2) is 0 Å². The molecule has 0 radical (unpaired) electrons. The molecular formula is C10H19N3O. The third-order valence-corrected chi connectivity index (χ3v) is 2.10. The Morgan fingerprint density at radius 3 is 2.93 bits per heavy atom. The summed E-state index contributed by atoms with van der Waals surface area (Å²) < 4.78 is 7.12. The van der Waals surface area contributed by atoms with Gasteiger partial charge in [-0.3, -0.25) is 4.68 Å². The summed E-state index contributed by atoms with van der Waals surface area (Å²) in [5.74, 6) is 0. The summed E-state index contributed by atoms with van der Waals surface area (Å²) in [4.78, 5) is 0. The van der Waals surface area contributed by atoms with Crippen LogP contribution in [0.1, 0.15) is 18.7 Å². The van der Waals surface area contributed by atoms with E-state index in [9.17, 15) is 0 Å². The van der Waals surface area contributed by atoms with Crippen molar-refractivity contribution in [3.05, 3.63) is 18.0 Å². The quantitative estimate of drug-likeness (QED) is 0.739. The maximum Gasteiger partial charge on any atom is 0.0876 e. The molecule has 0 aromatic carbocycles. The number of nitrogens with one attached hydrogen (secondary N) is 1. The molecule has 1 aromatic rings. The normalized spacial score (nSPS) is 13.1. The predicted molar refractivity (Wildman–Crippen MR) is 56.4 cm³/mol. The third-order valence-electron chi connectivity index (χ3n) is 2.10. The van der Waals surface area contributed by atoms with E-state index in [2.05, 4.69) is 17.3 Å². The highest BCUT2D eigenvalue weighted by Crippen LogP contribution is 2.05. The second kappa shape index (κ2) is 5.78. The van der Waals surface area contributed by atoms with Crippen molar-refractivity contribution in [2.45, 2.75) is 19.9 Å². The number of aryl methyl sites for hydroxylation is 1. The Labute approximate surface area is 85.3 Å². The predicted octanol–water partition coefficient (Wildman–Crippen LogP) is 0.989. The molecule has 80 valence electrons. The van der Waals surface area contributed by atoms with Gasteiger partial charge >= 0.3 is 0 Å². The lowest BCUT2D eigenvalue weighted by molar-refractivity contribution is 0.148. The van der Waals surface area contributed by atoms with Crippen molar-refractivity contribution < 1.29 is 4.74 Å². The van der Waals surface area contributed by atoms with Gasteiger partial charge in [-0.2, -0.15) is 5.10 Å². The molecule has 1 heterocycles. The Kier molecular flexibility index (Phi) is 4.62. The highest BCUT2D eigenvalue weighted by atomic mass is 16.5. The first-order valence-electron chi connectivity index (χ1n) is 4.99. The minimum atomic E-state index is 0.286. The van der Waals surface area contributed by atoms with Crippen LogP contribution < -0.4 is 5.32 Å². The van der Waals surface area contributed by atoms with Gasteiger partial charge in [0.2, 0.25) is 0 Å². The summed E-state index contributed by atoms with van der Waals surface area (Å²) >= 11 is 0. The van der Waals surface area contributed by atoms with Gasteiger partial charge in [-0.1, -0.05) is 6.92 Å². The van der Waals surface area contributed by atoms with Gasteiger partial charge in [0.1, 0.15) is 0 Å². The number of ether oxygens (including phenoxy) is 1. The van der Waals surface area contributed by atoms with Crippen LogP contribution in [0.15, 0.2) is 12.3 Å². The monoisotopic (exact) mass is 197 g/mol. The van der Waals surface area contributed by atoms with Crippen molar-refractivity contribution in [2.75, 3.05) is 26.8 Å². The summed E-state index contributed by atoms with van der Waals surface area (Å²) in [6.45, 7) is 6.64. The number of methoxy groups -OCH3 is 1. The van der Waals surface area contributed by atoms with Crippen LogP contribution in [-0.2, 0) is 4.74 Å². The summed E-state index contributed by atoms with van der Waals surface area (Å²) in [6.07, 6.45) is 2.00. The molecule has 0 amide bonds. The van der Waals surface area contributed by atoms with E-state index in [1.165, 1.54) is 0 Å². The number of aromatic nitrogens is 2. The van der Waals surface area contributed by atoms with E-state index in [4.69, 9.17) is 4.74 Å². The van der Waals surface area contributed by atoms with E-state index in [0.29, 0.717) is 6.61 Å². The zero-order valence-electron chi connectivity index (χ0n) is 9.16. The van der Waals surface area contributed by atoms with Gasteiger partial charge in [0.05, 0.1) is 18.3 Å². The van der Waals surface area contributed by atoms with Crippen LogP contribution in [0.3, 0.4) is 0 Å². The van der Waals surface area contributed by atoms with Gasteiger partial charge in [-0.15, -0.1) is 0 Å². The molecule has 1 aromatic heterocycles. The van der Waals surface area contributed by atoms with E-state index >= 15 is 0 Å². The van der Waals surface area contributed by atoms with E-state index in [-0.39, 0.29) is 6.04 Å². The van der Waals surface area contributed by atoms with E-state index in [1.807, 2.05) is 23.9 Å². The fourth-order valence-electron chi connectivity index (χ4n) is 1.37. The highest BCUT2D eigenvalue weighted by molar-refractivity contribution is 4.96. The Hall–Kier alpha value is -0.870. The average Bonchev–Trinajstić information content (AvgIpc) is 2.59. The Balaban J connectivity index is 2.57. The summed E-state index contributed by atoms with van der Waals surface area (Å²) in [6, 6.07) is 2.29. The molecule has 4 nitrogen and oxygen atoms in total. The lowest BCUT2D eigenvalue weighted by atomic mass is 10.3. The number of rotatable bonds is 6. The molecule has 1 atom stereocenters. The van der Waals surface area contributed by atoms with Crippen molar-refractivity contribution in [3.8, 4) is 0 Å². The Morgan fingerprint density at radius 1 is 1.64 bits per heavy atom. The van der Waals surface area contributed by atoms with Crippen molar-refractivity contribution in [3.63, 3.8) is 0 Å². The average molecular weight is 197 g/mol. The minimum Gasteiger partial charge on any atom is -0.382 e. The first-order valence-corrected chi connectivity index (χ1v) is 4.99. The number of hydrogen-bond donors (Lipinski definition) is 1. The second-order valence-corrected chi connectivity index (χ2v) is 3.35. The first-order chi connectivity index (χ1) is 6.77. The standard InChI is InChI=1S/C10H19N3O/c1-4-11-7-10(8-14-3)13-6-5-9(2)12-13/h5-6,10-11H,4,7-8H2,1-3H3. The molecule has 0 aliphatic heterocycles. The summed E-state index contributed by atoms with van der Waals surface area (Å²) in [5.41, 5.74) is 1.04. The third kappa shape index (κ3) is 3.12. The molecule has 0 aliphatic rings. The molecule has 0 saturated heterocycles. The first kappa shape index (κ1) is 11.2. The smallest absolute Gasteiger partial charge is 0.0876 e. The largest absolute Gasteiger partial charge is 0.382 e. The van der Waals surface area contributed by atoms with Gasteiger partial charge in [0, 0.05) is 19.9 Å². The Morgan fingerprint density at radius 2 is 2.43 bits per heavy atom. The maximum atomic E-state index is 5.16. The van der Waals surface area contributed by atoms with E-state index < -0.39 is 0 Å². The SMILES string of the molecule is CCNCC(COC)n1ccc(C)n1. The fraction of sp³-hybridized carbons (Fsp3) is 0.700. The van der Waals surface area contributed by atoms with Crippen LogP contribution in [0, 0.1) is 6.92 Å². The van der Waals surface area contributed by atoms with Gasteiger partial charge in [0.25, 0.3) is 0 Å². The molecule has 4 heteroatoms. The molecule has 14 heavy (non-hydrogen) atoms. The molecule has 0 bridgehead atoms. The molecule has 0 spiro atoms. The fourth-order valence-corrected chi connectivity index (χ4v) is 1.37. The Bertz CT molecular complexity index is 260. The summed E-state index contributed by atoms with van der Waals surface area (Å²) in [7, 11) is 1.72. The lowest BCUT2D eigenvalue weighted by Gasteiger charge is -2.16. The molecule has 1 unspecified atom stereocenters. The molecule has 0 fully saturated rings.